The fourth-order valence-corrected chi connectivity index (χ4v) is 5.52. The van der Waals surface area contributed by atoms with Crippen LogP contribution in [0.25, 0.3) is 5.57 Å². The van der Waals surface area contributed by atoms with Crippen LogP contribution in [-0.2, 0) is 45.6 Å². The van der Waals surface area contributed by atoms with Crippen LogP contribution in [0.3, 0.4) is 0 Å². The Morgan fingerprint density at radius 1 is 0.625 bits per heavy atom. The van der Waals surface area contributed by atoms with E-state index in [-0.39, 0.29) is 0 Å². The lowest BCUT2D eigenvalue weighted by Crippen LogP contribution is -2.24. The Balaban J connectivity index is 0.000000151. The molecule has 6 rings (SSSR count). The molecule has 2 aliphatic carbocycles. The number of aliphatic hydroxyl groups is 1. The molecule has 0 radical (unpaired) electrons. The van der Waals surface area contributed by atoms with E-state index < -0.39 is 17.5 Å². The highest BCUT2D eigenvalue weighted by Crippen LogP contribution is 2.37. The molecule has 4 nitrogen and oxygen atoms in total. The van der Waals surface area contributed by atoms with Crippen molar-refractivity contribution >= 4 is 17.5 Å². The maximum absolute atomic E-state index is 10.9. The van der Waals surface area contributed by atoms with Crippen LogP contribution >= 0.6 is 0 Å². The van der Waals surface area contributed by atoms with Gasteiger partial charge in [-0.05, 0) is 82.7 Å². The summed E-state index contributed by atoms with van der Waals surface area (Å²) in [7, 11) is 0. The predicted molar refractivity (Wildman–Crippen MR) is 160 cm³/mol. The summed E-state index contributed by atoms with van der Waals surface area (Å²) in [5.41, 5.74) is 10.4. The smallest absolute Gasteiger partial charge is 0.310 e. The van der Waals surface area contributed by atoms with Crippen molar-refractivity contribution < 1.29 is 19.4 Å². The van der Waals surface area contributed by atoms with E-state index in [1.165, 1.54) is 52.8 Å². The second-order valence-electron chi connectivity index (χ2n) is 10.3. The number of hydrogen-bond donors (Lipinski definition) is 1. The van der Waals surface area contributed by atoms with Crippen LogP contribution in [0.2, 0.25) is 0 Å². The third-order valence-corrected chi connectivity index (χ3v) is 7.38. The minimum absolute atomic E-state index is 0.562. The summed E-state index contributed by atoms with van der Waals surface area (Å²) in [6.07, 6.45) is 4.24. The largest absolute Gasteiger partial charge is 0.394 e. The van der Waals surface area contributed by atoms with Gasteiger partial charge >= 0.3 is 11.9 Å². The summed E-state index contributed by atoms with van der Waals surface area (Å²) in [4.78, 5) is 19.6. The zero-order valence-electron chi connectivity index (χ0n) is 23.4. The van der Waals surface area contributed by atoms with Crippen molar-refractivity contribution in [3.8, 4) is 0 Å². The number of aryl methyl sites for hydroxylation is 4. The van der Waals surface area contributed by atoms with E-state index in [0.29, 0.717) is 0 Å². The number of carbonyl (C=O) groups excluding carboxylic acids is 2. The van der Waals surface area contributed by atoms with Crippen LogP contribution in [0.1, 0.15) is 65.3 Å². The maximum atomic E-state index is 10.9. The molecule has 0 bridgehead atoms. The van der Waals surface area contributed by atoms with Crippen LogP contribution in [0.4, 0.5) is 0 Å². The highest BCUT2D eigenvalue weighted by molar-refractivity contribution is 5.83. The van der Waals surface area contributed by atoms with Gasteiger partial charge in [-0.3, -0.25) is 9.59 Å². The highest BCUT2D eigenvalue weighted by atomic mass is 16.6. The van der Waals surface area contributed by atoms with Crippen LogP contribution in [0.5, 0.6) is 0 Å². The molecule has 0 spiro atoms. The number of ether oxygens (including phenoxy) is 1. The summed E-state index contributed by atoms with van der Waals surface area (Å²) in [6.45, 7) is 8.52. The maximum Gasteiger partial charge on any atom is 0.310 e. The lowest BCUT2D eigenvalue weighted by atomic mass is 9.85. The summed E-state index contributed by atoms with van der Waals surface area (Å²) in [5.74, 6) is -1.12. The summed E-state index contributed by atoms with van der Waals surface area (Å²) < 4.78 is 3.97. The summed E-state index contributed by atoms with van der Waals surface area (Å²) in [5, 5.41) is 10.9. The number of carbonyl (C=O) groups is 2. The Bertz CT molecular complexity index is 1420. The molecule has 0 heterocycles. The average molecular weight is 533 g/mol. The first-order valence-corrected chi connectivity index (χ1v) is 13.6. The molecular formula is C36H36O4. The lowest BCUT2D eigenvalue weighted by Gasteiger charge is -2.26. The van der Waals surface area contributed by atoms with E-state index in [4.69, 9.17) is 0 Å². The van der Waals surface area contributed by atoms with Crippen molar-refractivity contribution in [1.29, 1.82) is 0 Å². The average Bonchev–Trinajstić information content (AvgIpc) is 3.16. The number of benzene rings is 4. The van der Waals surface area contributed by atoms with Crippen molar-refractivity contribution in [3.63, 3.8) is 0 Å². The van der Waals surface area contributed by atoms with E-state index in [1.54, 1.807) is 0 Å². The molecule has 40 heavy (non-hydrogen) atoms. The number of fused-ring (bicyclic) bond motifs is 4. The predicted octanol–water partition coefficient (Wildman–Crippen LogP) is 6.98. The standard InChI is InChI=1S/C16H16O.C16H14.C4H6O3/c1-16(17)14-8-4-2-6-12(14)10-11-13-7-3-5-9-15(13)16;1-12-15-8-4-2-6-13(15)10-11-14-7-3-5-9-16(12)14;1-3(5)7-4(2)6/h2-9,17H,10-11H2,1H3;2-9H,1,10-11H2;1-2H3. The molecule has 4 aromatic rings. The van der Waals surface area contributed by atoms with Gasteiger partial charge in [-0.1, -0.05) is 104 Å². The van der Waals surface area contributed by atoms with E-state index in [2.05, 4.69) is 72.0 Å². The van der Waals surface area contributed by atoms with Gasteiger partial charge in [-0.2, -0.15) is 0 Å². The van der Waals surface area contributed by atoms with Crippen LogP contribution in [0, 0.1) is 0 Å². The first-order valence-electron chi connectivity index (χ1n) is 13.6. The fraction of sp³-hybridized carbons (Fsp3) is 0.222. The summed E-state index contributed by atoms with van der Waals surface area (Å²) in [6, 6.07) is 33.6. The zero-order valence-corrected chi connectivity index (χ0v) is 23.4. The SMILES string of the molecule is C=C1c2ccccc2CCc2ccccc21.CC(=O)OC(C)=O.CC1(O)c2ccccc2CCc2ccccc21. The minimum atomic E-state index is -0.871. The molecule has 2 aliphatic rings. The van der Waals surface area contributed by atoms with Gasteiger partial charge in [0.1, 0.15) is 5.60 Å². The second-order valence-corrected chi connectivity index (χ2v) is 10.3. The Kier molecular flexibility index (Phi) is 9.13. The molecule has 0 fully saturated rings. The second kappa shape index (κ2) is 12.7. The molecule has 0 saturated carbocycles. The molecule has 0 amide bonds. The third-order valence-electron chi connectivity index (χ3n) is 7.38. The van der Waals surface area contributed by atoms with Gasteiger partial charge in [0.15, 0.2) is 0 Å². The monoisotopic (exact) mass is 532 g/mol. The quantitative estimate of drug-likeness (QED) is 0.196. The zero-order chi connectivity index (χ0) is 28.7. The van der Waals surface area contributed by atoms with Gasteiger partial charge in [-0.15, -0.1) is 0 Å². The molecule has 1 N–H and O–H groups in total. The minimum Gasteiger partial charge on any atom is -0.394 e. The molecule has 0 saturated heterocycles. The lowest BCUT2D eigenvalue weighted by molar-refractivity contribution is -0.156. The molecule has 204 valence electrons. The van der Waals surface area contributed by atoms with Crippen molar-refractivity contribution in [2.24, 2.45) is 0 Å². The highest BCUT2D eigenvalue weighted by Gasteiger charge is 2.31. The van der Waals surface area contributed by atoms with Crippen LogP contribution < -0.4 is 0 Å². The third kappa shape index (κ3) is 6.64. The van der Waals surface area contributed by atoms with Crippen LogP contribution in [0.15, 0.2) is 104 Å². The van der Waals surface area contributed by atoms with Gasteiger partial charge in [-0.25, -0.2) is 0 Å². The van der Waals surface area contributed by atoms with E-state index in [1.807, 2.05) is 43.3 Å². The molecule has 4 aromatic carbocycles. The van der Waals surface area contributed by atoms with Gasteiger partial charge < -0.3 is 9.84 Å². The first-order chi connectivity index (χ1) is 19.2. The van der Waals surface area contributed by atoms with E-state index in [0.717, 1.165) is 36.8 Å². The van der Waals surface area contributed by atoms with Gasteiger partial charge in [0.05, 0.1) is 0 Å². The van der Waals surface area contributed by atoms with E-state index in [9.17, 15) is 14.7 Å². The van der Waals surface area contributed by atoms with Crippen molar-refractivity contribution in [2.75, 3.05) is 0 Å². The number of hydrogen-bond acceptors (Lipinski definition) is 4. The summed E-state index contributed by atoms with van der Waals surface area (Å²) >= 11 is 0. The molecule has 0 unspecified atom stereocenters. The topological polar surface area (TPSA) is 63.6 Å². The van der Waals surface area contributed by atoms with Crippen molar-refractivity contribution in [3.05, 3.63) is 148 Å². The van der Waals surface area contributed by atoms with Crippen LogP contribution in [-0.4, -0.2) is 17.0 Å². The normalized spacial score (nSPS) is 14.1. The molecule has 0 aromatic heterocycles. The van der Waals surface area contributed by atoms with Crippen molar-refractivity contribution in [2.45, 2.75) is 52.1 Å². The molecule has 0 atom stereocenters. The first kappa shape index (κ1) is 28.7. The van der Waals surface area contributed by atoms with E-state index >= 15 is 0 Å². The molecular weight excluding hydrogens is 496 g/mol. The molecule has 0 aliphatic heterocycles. The number of esters is 2. The van der Waals surface area contributed by atoms with Gasteiger partial charge in [0.2, 0.25) is 0 Å². The molecule has 4 heteroatoms. The Hall–Kier alpha value is -4.28. The Labute approximate surface area is 237 Å². The van der Waals surface area contributed by atoms with Gasteiger partial charge in [0, 0.05) is 13.8 Å². The Morgan fingerprint density at radius 3 is 1.32 bits per heavy atom. The van der Waals surface area contributed by atoms with Crippen molar-refractivity contribution in [1.82, 2.24) is 0 Å². The van der Waals surface area contributed by atoms with Gasteiger partial charge in [0.25, 0.3) is 0 Å². The fourth-order valence-electron chi connectivity index (χ4n) is 5.52. The number of rotatable bonds is 0. The Morgan fingerprint density at radius 2 is 0.950 bits per heavy atom.